The van der Waals surface area contributed by atoms with Crippen molar-refractivity contribution < 1.29 is 4.74 Å². The average Bonchev–Trinajstić information content (AvgIpc) is 2.65. The highest BCUT2D eigenvalue weighted by molar-refractivity contribution is 6.30. The van der Waals surface area contributed by atoms with E-state index < -0.39 is 0 Å². The summed E-state index contributed by atoms with van der Waals surface area (Å²) in [7, 11) is 0. The summed E-state index contributed by atoms with van der Waals surface area (Å²) in [6.07, 6.45) is 4.52. The summed E-state index contributed by atoms with van der Waals surface area (Å²) < 4.78 is 5.03. The summed E-state index contributed by atoms with van der Waals surface area (Å²) in [5.41, 5.74) is 1.18. The van der Waals surface area contributed by atoms with Gasteiger partial charge in [0.05, 0.1) is 5.54 Å². The van der Waals surface area contributed by atoms with Crippen molar-refractivity contribution in [3.05, 3.63) is 34.9 Å². The van der Waals surface area contributed by atoms with Crippen LogP contribution in [0.2, 0.25) is 5.02 Å². The molecule has 0 fully saturated rings. The normalized spacial score (nSPS) is 24.1. The van der Waals surface area contributed by atoms with E-state index in [9.17, 15) is 0 Å². The fraction of sp³-hybridized carbons (Fsp3) is 0.417. The van der Waals surface area contributed by atoms with Crippen LogP contribution in [0.15, 0.2) is 29.3 Å². The maximum atomic E-state index is 5.82. The predicted molar refractivity (Wildman–Crippen MR) is 61.6 cm³/mol. The number of rotatable bonds is 3. The van der Waals surface area contributed by atoms with Crippen molar-refractivity contribution in [1.82, 2.24) is 0 Å². The quantitative estimate of drug-likeness (QED) is 0.771. The molecule has 0 spiro atoms. The molecule has 0 aliphatic carbocycles. The Hall–Kier alpha value is -1.02. The second-order valence-corrected chi connectivity index (χ2v) is 4.55. The minimum atomic E-state index is -0.0976. The minimum absolute atomic E-state index is 0.0976. The van der Waals surface area contributed by atoms with Crippen LogP contribution in [0.4, 0.5) is 0 Å². The molecule has 1 aliphatic rings. The van der Waals surface area contributed by atoms with E-state index in [1.807, 2.05) is 12.1 Å². The summed E-state index contributed by atoms with van der Waals surface area (Å²) in [5.74, 6) is 0. The third-order valence-corrected chi connectivity index (χ3v) is 2.88. The van der Waals surface area contributed by atoms with Crippen LogP contribution in [-0.2, 0) is 11.2 Å². The fourth-order valence-electron chi connectivity index (χ4n) is 1.56. The summed E-state index contributed by atoms with van der Waals surface area (Å²) in [6, 6.07) is 7.93. The smallest absolute Gasteiger partial charge is 0.273 e. The molecular weight excluding hydrogens is 210 g/mol. The fourth-order valence-corrected chi connectivity index (χ4v) is 1.68. The molecule has 2 nitrogen and oxygen atoms in total. The number of halogens is 1. The van der Waals surface area contributed by atoms with Gasteiger partial charge in [-0.25, -0.2) is 4.99 Å². The first kappa shape index (κ1) is 10.5. The number of hydrogen-bond donors (Lipinski definition) is 0. The number of aliphatic imine (C=N–C) groups is 1. The van der Waals surface area contributed by atoms with Gasteiger partial charge in [-0.1, -0.05) is 23.7 Å². The Morgan fingerprint density at radius 2 is 2.20 bits per heavy atom. The van der Waals surface area contributed by atoms with Crippen molar-refractivity contribution in [3.8, 4) is 0 Å². The Morgan fingerprint density at radius 1 is 1.47 bits per heavy atom. The SMILES string of the molecule is CC1(CCc2ccc(Cl)cc2)CO[C]=N1. The molecule has 0 saturated carbocycles. The highest BCUT2D eigenvalue weighted by Crippen LogP contribution is 2.22. The van der Waals surface area contributed by atoms with E-state index in [0.717, 1.165) is 17.9 Å². The Kier molecular flexibility index (Phi) is 2.96. The second-order valence-electron chi connectivity index (χ2n) is 4.12. The first-order valence-electron chi connectivity index (χ1n) is 5.01. The van der Waals surface area contributed by atoms with Crippen molar-refractivity contribution in [2.75, 3.05) is 6.61 Å². The highest BCUT2D eigenvalue weighted by atomic mass is 35.5. The maximum absolute atomic E-state index is 5.82. The van der Waals surface area contributed by atoms with Crippen molar-refractivity contribution in [3.63, 3.8) is 0 Å². The van der Waals surface area contributed by atoms with E-state index in [4.69, 9.17) is 16.3 Å². The van der Waals surface area contributed by atoms with E-state index in [1.165, 1.54) is 5.56 Å². The number of ether oxygens (including phenoxy) is 1. The minimum Gasteiger partial charge on any atom is -0.472 e. The zero-order chi connectivity index (χ0) is 10.7. The van der Waals surface area contributed by atoms with Crippen LogP contribution in [0.3, 0.4) is 0 Å². The van der Waals surface area contributed by atoms with Crippen LogP contribution < -0.4 is 0 Å². The molecule has 1 heterocycles. The van der Waals surface area contributed by atoms with Gasteiger partial charge in [-0.3, -0.25) is 0 Å². The first-order valence-corrected chi connectivity index (χ1v) is 5.39. The largest absolute Gasteiger partial charge is 0.472 e. The molecule has 0 N–H and O–H groups in total. The predicted octanol–water partition coefficient (Wildman–Crippen LogP) is 2.97. The van der Waals surface area contributed by atoms with Gasteiger partial charge >= 0.3 is 0 Å². The van der Waals surface area contributed by atoms with Crippen LogP contribution in [0.25, 0.3) is 0 Å². The monoisotopic (exact) mass is 222 g/mol. The van der Waals surface area contributed by atoms with Gasteiger partial charge in [0.15, 0.2) is 0 Å². The van der Waals surface area contributed by atoms with Crippen molar-refractivity contribution in [2.45, 2.75) is 25.3 Å². The Morgan fingerprint density at radius 3 is 2.80 bits per heavy atom. The van der Waals surface area contributed by atoms with E-state index in [-0.39, 0.29) is 5.54 Å². The number of benzene rings is 1. The molecule has 2 rings (SSSR count). The lowest BCUT2D eigenvalue weighted by Crippen LogP contribution is -2.24. The van der Waals surface area contributed by atoms with E-state index in [1.54, 1.807) is 0 Å². The first-order chi connectivity index (χ1) is 7.18. The molecule has 0 bridgehead atoms. The molecule has 1 aromatic rings. The zero-order valence-electron chi connectivity index (χ0n) is 8.66. The maximum Gasteiger partial charge on any atom is 0.273 e. The van der Waals surface area contributed by atoms with Crippen molar-refractivity contribution >= 4 is 18.0 Å². The summed E-state index contributed by atoms with van der Waals surface area (Å²) >= 11 is 5.82. The molecule has 1 atom stereocenters. The zero-order valence-corrected chi connectivity index (χ0v) is 9.42. The Labute approximate surface area is 94.9 Å². The molecule has 0 saturated heterocycles. The van der Waals surface area contributed by atoms with Crippen LogP contribution in [0.1, 0.15) is 18.9 Å². The molecule has 79 valence electrons. The standard InChI is InChI=1S/C12H13ClNO/c1-12(8-15-9-14-12)7-6-10-2-4-11(13)5-3-10/h2-5H,6-8H2,1H3. The van der Waals surface area contributed by atoms with Gasteiger partial charge in [-0.2, -0.15) is 0 Å². The molecule has 1 aliphatic heterocycles. The van der Waals surface area contributed by atoms with Gasteiger partial charge in [0.25, 0.3) is 6.40 Å². The topological polar surface area (TPSA) is 21.6 Å². The second kappa shape index (κ2) is 4.23. The van der Waals surface area contributed by atoms with E-state index in [2.05, 4.69) is 30.4 Å². The van der Waals surface area contributed by atoms with Gasteiger partial charge < -0.3 is 4.74 Å². The van der Waals surface area contributed by atoms with E-state index >= 15 is 0 Å². The molecular formula is C12H13ClNO. The summed E-state index contributed by atoms with van der Waals surface area (Å²) in [5, 5.41) is 0.778. The molecule has 3 heteroatoms. The molecule has 1 unspecified atom stereocenters. The van der Waals surface area contributed by atoms with Gasteiger partial charge in [-0.15, -0.1) is 0 Å². The lowest BCUT2D eigenvalue weighted by Gasteiger charge is -2.17. The Balaban J connectivity index is 1.93. The van der Waals surface area contributed by atoms with Gasteiger partial charge in [0.1, 0.15) is 6.61 Å². The van der Waals surface area contributed by atoms with Crippen molar-refractivity contribution in [1.29, 1.82) is 0 Å². The molecule has 15 heavy (non-hydrogen) atoms. The molecule has 0 amide bonds. The lowest BCUT2D eigenvalue weighted by molar-refractivity contribution is 0.264. The van der Waals surface area contributed by atoms with Crippen molar-refractivity contribution in [2.24, 2.45) is 4.99 Å². The van der Waals surface area contributed by atoms with Gasteiger partial charge in [0.2, 0.25) is 0 Å². The number of aryl methyl sites for hydroxylation is 1. The van der Waals surface area contributed by atoms with Crippen LogP contribution in [0.5, 0.6) is 0 Å². The van der Waals surface area contributed by atoms with Crippen LogP contribution in [-0.4, -0.2) is 18.5 Å². The summed E-state index contributed by atoms with van der Waals surface area (Å²) in [4.78, 5) is 4.20. The molecule has 0 aromatic heterocycles. The van der Waals surface area contributed by atoms with Gasteiger partial charge in [-0.05, 0) is 37.5 Å². The number of nitrogens with zero attached hydrogens (tertiary/aromatic N) is 1. The van der Waals surface area contributed by atoms with Crippen LogP contribution in [0, 0.1) is 0 Å². The Bertz CT molecular complexity index is 360. The molecule has 1 aromatic carbocycles. The number of hydrogen-bond acceptors (Lipinski definition) is 2. The summed E-state index contributed by atoms with van der Waals surface area (Å²) in [6.45, 7) is 2.73. The molecule has 1 radical (unpaired) electrons. The highest BCUT2D eigenvalue weighted by Gasteiger charge is 2.27. The van der Waals surface area contributed by atoms with E-state index in [0.29, 0.717) is 6.61 Å². The lowest BCUT2D eigenvalue weighted by atomic mass is 9.95. The third-order valence-electron chi connectivity index (χ3n) is 2.63. The average molecular weight is 223 g/mol. The third kappa shape index (κ3) is 2.72. The van der Waals surface area contributed by atoms with Crippen LogP contribution >= 0.6 is 11.6 Å². The van der Waals surface area contributed by atoms with Gasteiger partial charge in [0, 0.05) is 5.02 Å².